The molecule has 0 bridgehead atoms. The molecule has 3 rings (SSSR count). The van der Waals surface area contributed by atoms with Crippen molar-refractivity contribution in [2.45, 2.75) is 19.8 Å². The van der Waals surface area contributed by atoms with Gasteiger partial charge in [-0.3, -0.25) is 4.79 Å². The van der Waals surface area contributed by atoms with Crippen molar-refractivity contribution in [2.75, 3.05) is 0 Å². The molecule has 6 nitrogen and oxygen atoms in total. The van der Waals surface area contributed by atoms with Gasteiger partial charge < -0.3 is 14.2 Å². The minimum atomic E-state index is -0.363. The van der Waals surface area contributed by atoms with Crippen LogP contribution in [0, 0.1) is 0 Å². The Balaban J connectivity index is 2.29. The van der Waals surface area contributed by atoms with Gasteiger partial charge in [-0.15, -0.1) is 0 Å². The first-order valence-electron chi connectivity index (χ1n) is 6.77. The number of aryl methyl sites for hydroxylation is 2. The Bertz CT molecular complexity index is 864. The molecule has 2 heterocycles. The SMILES string of the molecule is CCCc1noc(-c2c(O)c3ccccc3n(C)c2=O)n1. The molecule has 0 atom stereocenters. The second-order valence-electron chi connectivity index (χ2n) is 4.87. The average molecular weight is 285 g/mol. The number of pyridine rings is 1. The van der Waals surface area contributed by atoms with Crippen LogP contribution in [0.25, 0.3) is 22.4 Å². The number of aromatic hydroxyl groups is 1. The molecule has 0 aliphatic carbocycles. The van der Waals surface area contributed by atoms with Gasteiger partial charge in [0.25, 0.3) is 11.4 Å². The molecule has 0 saturated heterocycles. The largest absolute Gasteiger partial charge is 0.506 e. The summed E-state index contributed by atoms with van der Waals surface area (Å²) in [4.78, 5) is 16.6. The summed E-state index contributed by atoms with van der Waals surface area (Å²) in [6.45, 7) is 2.00. The van der Waals surface area contributed by atoms with E-state index in [2.05, 4.69) is 10.1 Å². The lowest BCUT2D eigenvalue weighted by atomic mass is 10.1. The van der Waals surface area contributed by atoms with Crippen LogP contribution in [0.3, 0.4) is 0 Å². The van der Waals surface area contributed by atoms with E-state index in [9.17, 15) is 9.90 Å². The molecule has 1 N–H and O–H groups in total. The predicted molar refractivity (Wildman–Crippen MR) is 78.1 cm³/mol. The van der Waals surface area contributed by atoms with Crippen molar-refractivity contribution in [3.8, 4) is 17.2 Å². The number of aromatic nitrogens is 3. The van der Waals surface area contributed by atoms with Gasteiger partial charge >= 0.3 is 0 Å². The van der Waals surface area contributed by atoms with Crippen LogP contribution in [0.5, 0.6) is 5.75 Å². The second kappa shape index (κ2) is 5.05. The molecule has 108 valence electrons. The third-order valence-electron chi connectivity index (χ3n) is 3.43. The average Bonchev–Trinajstić information content (AvgIpc) is 2.94. The van der Waals surface area contributed by atoms with E-state index < -0.39 is 0 Å². The number of fused-ring (bicyclic) bond motifs is 1. The van der Waals surface area contributed by atoms with Gasteiger partial charge in [0.2, 0.25) is 0 Å². The molecule has 0 saturated carbocycles. The van der Waals surface area contributed by atoms with Crippen LogP contribution < -0.4 is 5.56 Å². The Kier molecular flexibility index (Phi) is 3.21. The number of hydrogen-bond acceptors (Lipinski definition) is 5. The number of hydrogen-bond donors (Lipinski definition) is 1. The molecule has 0 aliphatic heterocycles. The summed E-state index contributed by atoms with van der Waals surface area (Å²) in [5.41, 5.74) is 0.334. The smallest absolute Gasteiger partial charge is 0.267 e. The maximum atomic E-state index is 12.4. The lowest BCUT2D eigenvalue weighted by molar-refractivity contribution is 0.416. The first-order valence-corrected chi connectivity index (χ1v) is 6.77. The van der Waals surface area contributed by atoms with E-state index in [-0.39, 0.29) is 22.8 Å². The number of para-hydroxylation sites is 1. The highest BCUT2D eigenvalue weighted by molar-refractivity contribution is 5.90. The number of nitrogens with zero attached hydrogens (tertiary/aromatic N) is 3. The Hall–Kier alpha value is -2.63. The molecular formula is C15H15N3O3. The van der Waals surface area contributed by atoms with Gasteiger partial charge in [-0.25, -0.2) is 0 Å². The van der Waals surface area contributed by atoms with Crippen molar-refractivity contribution in [1.29, 1.82) is 0 Å². The predicted octanol–water partition coefficient (Wildman–Crippen LogP) is 2.25. The highest BCUT2D eigenvalue weighted by atomic mass is 16.5. The first-order chi connectivity index (χ1) is 10.1. The van der Waals surface area contributed by atoms with Crippen LogP contribution in [0.4, 0.5) is 0 Å². The van der Waals surface area contributed by atoms with Crippen LogP contribution >= 0.6 is 0 Å². The summed E-state index contributed by atoms with van der Waals surface area (Å²) >= 11 is 0. The molecule has 6 heteroatoms. The van der Waals surface area contributed by atoms with Crippen molar-refractivity contribution >= 4 is 10.9 Å². The molecule has 0 radical (unpaired) electrons. The monoisotopic (exact) mass is 285 g/mol. The zero-order chi connectivity index (χ0) is 15.0. The normalized spacial score (nSPS) is 11.1. The fourth-order valence-corrected chi connectivity index (χ4v) is 2.35. The van der Waals surface area contributed by atoms with Gasteiger partial charge in [0, 0.05) is 18.9 Å². The summed E-state index contributed by atoms with van der Waals surface area (Å²) in [7, 11) is 1.65. The van der Waals surface area contributed by atoms with Crippen molar-refractivity contribution in [1.82, 2.24) is 14.7 Å². The van der Waals surface area contributed by atoms with Gasteiger partial charge in [-0.2, -0.15) is 4.98 Å². The van der Waals surface area contributed by atoms with E-state index in [0.717, 1.165) is 6.42 Å². The Morgan fingerprint density at radius 1 is 1.33 bits per heavy atom. The van der Waals surface area contributed by atoms with Gasteiger partial charge in [-0.1, -0.05) is 24.2 Å². The number of benzene rings is 1. The molecule has 2 aromatic heterocycles. The van der Waals surface area contributed by atoms with Crippen LogP contribution in [0.15, 0.2) is 33.6 Å². The lowest BCUT2D eigenvalue weighted by Crippen LogP contribution is -2.19. The first kappa shape index (κ1) is 13.4. The fraction of sp³-hybridized carbons (Fsp3) is 0.267. The molecule has 1 aromatic carbocycles. The molecule has 0 fully saturated rings. The van der Waals surface area contributed by atoms with E-state index in [4.69, 9.17) is 4.52 Å². The lowest BCUT2D eigenvalue weighted by Gasteiger charge is -2.09. The van der Waals surface area contributed by atoms with Crippen LogP contribution in [0.2, 0.25) is 0 Å². The zero-order valence-corrected chi connectivity index (χ0v) is 11.8. The maximum absolute atomic E-state index is 12.4. The molecular weight excluding hydrogens is 270 g/mol. The molecule has 0 amide bonds. The van der Waals surface area contributed by atoms with Crippen LogP contribution in [0.1, 0.15) is 19.2 Å². The van der Waals surface area contributed by atoms with Crippen LogP contribution in [-0.2, 0) is 13.5 Å². The van der Waals surface area contributed by atoms with Gasteiger partial charge in [0.05, 0.1) is 5.52 Å². The van der Waals surface area contributed by atoms with Crippen molar-refractivity contribution in [2.24, 2.45) is 7.05 Å². The maximum Gasteiger partial charge on any atom is 0.267 e. The quantitative estimate of drug-likeness (QED) is 0.798. The third kappa shape index (κ3) is 2.08. The second-order valence-corrected chi connectivity index (χ2v) is 4.87. The summed E-state index contributed by atoms with van der Waals surface area (Å²) in [6.07, 6.45) is 1.54. The standard InChI is InChI=1S/C15H15N3O3/c1-3-6-11-16-14(21-17-11)12-13(19)9-7-4-5-8-10(9)18(2)15(12)20/h4-5,7-8,19H,3,6H2,1-2H3. The summed E-state index contributed by atoms with van der Waals surface area (Å²) in [6, 6.07) is 7.13. The van der Waals surface area contributed by atoms with Gasteiger partial charge in [-0.05, 0) is 18.6 Å². The van der Waals surface area contributed by atoms with E-state index in [1.807, 2.05) is 13.0 Å². The van der Waals surface area contributed by atoms with Gasteiger partial charge in [0.15, 0.2) is 5.82 Å². The molecule has 0 aliphatic rings. The zero-order valence-electron chi connectivity index (χ0n) is 11.8. The minimum Gasteiger partial charge on any atom is -0.506 e. The Morgan fingerprint density at radius 2 is 2.10 bits per heavy atom. The Morgan fingerprint density at radius 3 is 2.86 bits per heavy atom. The molecule has 0 unspecified atom stereocenters. The third-order valence-corrected chi connectivity index (χ3v) is 3.43. The van der Waals surface area contributed by atoms with Crippen molar-refractivity contribution < 1.29 is 9.63 Å². The highest BCUT2D eigenvalue weighted by Crippen LogP contribution is 2.31. The van der Waals surface area contributed by atoms with Crippen LogP contribution in [-0.4, -0.2) is 19.8 Å². The summed E-state index contributed by atoms with van der Waals surface area (Å²) in [5.74, 6) is 0.463. The molecule has 21 heavy (non-hydrogen) atoms. The number of rotatable bonds is 3. The molecule has 0 spiro atoms. The van der Waals surface area contributed by atoms with E-state index in [1.165, 1.54) is 4.57 Å². The van der Waals surface area contributed by atoms with E-state index >= 15 is 0 Å². The van der Waals surface area contributed by atoms with Gasteiger partial charge in [0.1, 0.15) is 11.3 Å². The fourth-order valence-electron chi connectivity index (χ4n) is 2.35. The Labute approximate surface area is 120 Å². The van der Waals surface area contributed by atoms with E-state index in [1.54, 1.807) is 25.2 Å². The summed E-state index contributed by atoms with van der Waals surface area (Å²) < 4.78 is 6.60. The van der Waals surface area contributed by atoms with Crippen molar-refractivity contribution in [3.63, 3.8) is 0 Å². The summed E-state index contributed by atoms with van der Waals surface area (Å²) in [5, 5.41) is 14.8. The van der Waals surface area contributed by atoms with Crippen molar-refractivity contribution in [3.05, 3.63) is 40.4 Å². The highest BCUT2D eigenvalue weighted by Gasteiger charge is 2.21. The topological polar surface area (TPSA) is 81.2 Å². The molecule has 3 aromatic rings. The van der Waals surface area contributed by atoms with E-state index in [0.29, 0.717) is 23.1 Å². The minimum absolute atomic E-state index is 0.0473.